The largest absolute Gasteiger partial charge is 0.368 e. The van der Waals surface area contributed by atoms with Crippen molar-refractivity contribution in [1.29, 1.82) is 0 Å². The number of pyridine rings is 1. The molecule has 5 rings (SSSR count). The summed E-state index contributed by atoms with van der Waals surface area (Å²) in [6.07, 6.45) is 3.18. The van der Waals surface area contributed by atoms with Crippen molar-refractivity contribution in [3.8, 4) is 5.69 Å². The van der Waals surface area contributed by atoms with Gasteiger partial charge in [0.2, 0.25) is 5.95 Å². The highest BCUT2D eigenvalue weighted by Crippen LogP contribution is 2.30. The number of aromatic nitrogens is 5. The molecule has 1 amide bonds. The molecular weight excluding hydrogens is 458 g/mol. The summed E-state index contributed by atoms with van der Waals surface area (Å²) in [5, 5.41) is 6.86. The molecular formula is C22H20ClN9O2. The minimum Gasteiger partial charge on any atom is -0.368 e. The highest BCUT2D eigenvalue weighted by molar-refractivity contribution is 6.35. The lowest BCUT2D eigenvalue weighted by molar-refractivity contribution is 0.0796. The molecule has 1 atom stereocenters. The molecule has 1 aliphatic rings. The Balaban J connectivity index is 1.68. The van der Waals surface area contributed by atoms with Crippen LogP contribution in [0.2, 0.25) is 5.02 Å². The molecule has 3 aromatic heterocycles. The lowest BCUT2D eigenvalue weighted by Gasteiger charge is -2.28. The van der Waals surface area contributed by atoms with Gasteiger partial charge in [-0.25, -0.2) is 4.98 Å². The first-order chi connectivity index (χ1) is 16.3. The first-order valence-corrected chi connectivity index (χ1v) is 10.8. The number of nitrogens with two attached hydrogens (primary N) is 1. The quantitative estimate of drug-likeness (QED) is 0.403. The number of nitrogens with one attached hydrogen (secondary N) is 2. The van der Waals surface area contributed by atoms with Crippen molar-refractivity contribution in [3.63, 3.8) is 0 Å². The summed E-state index contributed by atoms with van der Waals surface area (Å²) in [5.74, 6) is 0.696. The van der Waals surface area contributed by atoms with Crippen molar-refractivity contribution < 1.29 is 4.79 Å². The zero-order chi connectivity index (χ0) is 24.0. The van der Waals surface area contributed by atoms with Crippen LogP contribution < -0.4 is 21.9 Å². The average molecular weight is 478 g/mol. The van der Waals surface area contributed by atoms with E-state index in [2.05, 4.69) is 25.6 Å². The molecule has 0 unspecified atom stereocenters. The van der Waals surface area contributed by atoms with Crippen LogP contribution in [0.15, 0.2) is 47.5 Å². The van der Waals surface area contributed by atoms with Crippen molar-refractivity contribution in [3.05, 3.63) is 69.5 Å². The van der Waals surface area contributed by atoms with Gasteiger partial charge in [-0.05, 0) is 31.2 Å². The van der Waals surface area contributed by atoms with Gasteiger partial charge in [-0.2, -0.15) is 9.97 Å². The van der Waals surface area contributed by atoms with Gasteiger partial charge in [0.15, 0.2) is 0 Å². The van der Waals surface area contributed by atoms with Crippen LogP contribution in [0.5, 0.6) is 0 Å². The van der Waals surface area contributed by atoms with E-state index in [0.29, 0.717) is 39.9 Å². The van der Waals surface area contributed by atoms with Crippen LogP contribution in [0.1, 0.15) is 29.1 Å². The molecule has 0 radical (unpaired) electrons. The number of halogens is 1. The van der Waals surface area contributed by atoms with Crippen LogP contribution in [0.25, 0.3) is 16.6 Å². The topological polar surface area (TPSA) is 144 Å². The van der Waals surface area contributed by atoms with Crippen molar-refractivity contribution >= 4 is 46.0 Å². The fraction of sp³-hybridized carbons (Fsp3) is 0.182. The maximum absolute atomic E-state index is 13.6. The van der Waals surface area contributed by atoms with Gasteiger partial charge >= 0.3 is 0 Å². The normalized spacial score (nSPS) is 14.0. The first-order valence-electron chi connectivity index (χ1n) is 10.4. The summed E-state index contributed by atoms with van der Waals surface area (Å²) < 4.78 is 1.45. The molecule has 0 fully saturated rings. The SMILES string of the molecule is C[C@H](Nc1nc(N)nc2c1C(=O)N(C)CN2)c1nc2cccc(Cl)c2c(=O)n1-c1cccnc1. The van der Waals surface area contributed by atoms with Gasteiger partial charge in [0, 0.05) is 13.2 Å². The van der Waals surface area contributed by atoms with Crippen LogP contribution >= 0.6 is 11.6 Å². The fourth-order valence-corrected chi connectivity index (χ4v) is 4.12. The fourth-order valence-electron chi connectivity index (χ4n) is 3.87. The Morgan fingerprint density at radius 3 is 2.76 bits per heavy atom. The molecule has 12 heteroatoms. The number of carbonyl (C=O) groups is 1. The Hall–Kier alpha value is -4.25. The van der Waals surface area contributed by atoms with Crippen molar-refractivity contribution in [1.82, 2.24) is 29.4 Å². The van der Waals surface area contributed by atoms with E-state index in [1.54, 1.807) is 56.7 Å². The van der Waals surface area contributed by atoms with Crippen molar-refractivity contribution in [2.24, 2.45) is 0 Å². The number of hydrogen-bond donors (Lipinski definition) is 3. The highest BCUT2D eigenvalue weighted by Gasteiger charge is 2.29. The van der Waals surface area contributed by atoms with E-state index in [1.165, 1.54) is 9.47 Å². The van der Waals surface area contributed by atoms with Crippen LogP contribution in [0.3, 0.4) is 0 Å². The molecule has 11 nitrogen and oxygen atoms in total. The average Bonchev–Trinajstić information content (AvgIpc) is 2.81. The molecule has 4 aromatic rings. The third kappa shape index (κ3) is 3.55. The maximum Gasteiger partial charge on any atom is 0.267 e. The van der Waals surface area contributed by atoms with E-state index in [0.717, 1.165) is 0 Å². The summed E-state index contributed by atoms with van der Waals surface area (Å²) >= 11 is 6.35. The molecule has 0 bridgehead atoms. The molecule has 0 aliphatic carbocycles. The first kappa shape index (κ1) is 21.6. The van der Waals surface area contributed by atoms with Gasteiger partial charge in [0.1, 0.15) is 23.0 Å². The second kappa shape index (κ2) is 8.27. The smallest absolute Gasteiger partial charge is 0.267 e. The molecule has 0 saturated heterocycles. The van der Waals surface area contributed by atoms with E-state index in [1.807, 2.05) is 0 Å². The van der Waals surface area contributed by atoms with Crippen LogP contribution in [0, 0.1) is 0 Å². The van der Waals surface area contributed by atoms with E-state index in [9.17, 15) is 9.59 Å². The number of benzene rings is 1. The van der Waals surface area contributed by atoms with Gasteiger partial charge in [-0.1, -0.05) is 17.7 Å². The number of nitrogens with zero attached hydrogens (tertiary/aromatic N) is 6. The van der Waals surface area contributed by atoms with Crippen LogP contribution in [-0.2, 0) is 0 Å². The maximum atomic E-state index is 13.6. The Morgan fingerprint density at radius 2 is 2.00 bits per heavy atom. The van der Waals surface area contributed by atoms with Crippen LogP contribution in [0.4, 0.5) is 17.6 Å². The van der Waals surface area contributed by atoms with Crippen molar-refractivity contribution in [2.75, 3.05) is 30.1 Å². The molecule has 172 valence electrons. The number of nitrogen functional groups attached to an aromatic ring is 1. The molecule has 4 heterocycles. The summed E-state index contributed by atoms with van der Waals surface area (Å²) in [6.45, 7) is 2.10. The zero-order valence-electron chi connectivity index (χ0n) is 18.3. The van der Waals surface area contributed by atoms with E-state index < -0.39 is 6.04 Å². The molecule has 4 N–H and O–H groups in total. The number of fused-ring (bicyclic) bond motifs is 2. The Bertz CT molecular complexity index is 1490. The summed E-state index contributed by atoms with van der Waals surface area (Å²) in [6, 6.07) is 8.00. The van der Waals surface area contributed by atoms with E-state index in [-0.39, 0.29) is 28.8 Å². The van der Waals surface area contributed by atoms with Gasteiger partial charge in [0.25, 0.3) is 11.5 Å². The summed E-state index contributed by atoms with van der Waals surface area (Å²) in [4.78, 5) is 45.2. The number of anilines is 3. The second-order valence-corrected chi connectivity index (χ2v) is 8.22. The Labute approximate surface area is 198 Å². The number of rotatable bonds is 4. The van der Waals surface area contributed by atoms with E-state index in [4.69, 9.17) is 22.3 Å². The molecule has 0 spiro atoms. The summed E-state index contributed by atoms with van der Waals surface area (Å²) in [7, 11) is 1.66. The molecule has 34 heavy (non-hydrogen) atoms. The molecule has 1 aromatic carbocycles. The predicted octanol–water partition coefficient (Wildman–Crippen LogP) is 2.43. The minimum absolute atomic E-state index is 0.00112. The Morgan fingerprint density at radius 1 is 1.18 bits per heavy atom. The Kier molecular flexibility index (Phi) is 5.25. The van der Waals surface area contributed by atoms with E-state index >= 15 is 0 Å². The zero-order valence-corrected chi connectivity index (χ0v) is 19.0. The van der Waals surface area contributed by atoms with Crippen molar-refractivity contribution in [2.45, 2.75) is 13.0 Å². The standard InChI is InChI=1S/C22H20ClN9O2/c1-11(27-18-16-17(29-22(24)30-18)26-10-31(2)20(16)33)19-28-14-7-3-6-13(23)15(14)21(34)32(19)12-5-4-8-25-9-12/h3-9,11H,10H2,1-2H3,(H4,24,26,27,29,30)/t11-/m0/s1. The molecule has 0 saturated carbocycles. The third-order valence-corrected chi connectivity index (χ3v) is 5.80. The van der Waals surface area contributed by atoms with Gasteiger partial charge in [-0.15, -0.1) is 0 Å². The lowest BCUT2D eigenvalue weighted by atomic mass is 10.1. The number of hydrogen-bond acceptors (Lipinski definition) is 9. The van der Waals surface area contributed by atoms with Gasteiger partial charge < -0.3 is 21.3 Å². The highest BCUT2D eigenvalue weighted by atomic mass is 35.5. The predicted molar refractivity (Wildman–Crippen MR) is 129 cm³/mol. The van der Waals surface area contributed by atoms with Crippen LogP contribution in [-0.4, -0.2) is 49.0 Å². The minimum atomic E-state index is -0.574. The van der Waals surface area contributed by atoms with Gasteiger partial charge in [-0.3, -0.25) is 19.1 Å². The van der Waals surface area contributed by atoms with Gasteiger partial charge in [0.05, 0.1) is 40.5 Å². The summed E-state index contributed by atoms with van der Waals surface area (Å²) in [5.41, 5.74) is 6.78. The number of amides is 1. The second-order valence-electron chi connectivity index (χ2n) is 7.81. The monoisotopic (exact) mass is 477 g/mol. The number of carbonyl (C=O) groups excluding carboxylic acids is 1. The third-order valence-electron chi connectivity index (χ3n) is 5.49. The lowest BCUT2D eigenvalue weighted by Crippen LogP contribution is -2.38. The molecule has 1 aliphatic heterocycles.